The van der Waals surface area contributed by atoms with Gasteiger partial charge >= 0.3 is 0 Å². The molecule has 0 bridgehead atoms. The molecule has 0 aliphatic rings. The summed E-state index contributed by atoms with van der Waals surface area (Å²) < 4.78 is 0. The minimum Gasteiger partial charge on any atom is -0.368 e. The summed E-state index contributed by atoms with van der Waals surface area (Å²) in [5, 5.41) is 2.65. The van der Waals surface area contributed by atoms with Gasteiger partial charge in [0, 0.05) is 5.56 Å². The fraction of sp³-hybridized carbons (Fsp3) is 0.111. The molecule has 0 aromatic heterocycles. The van der Waals surface area contributed by atoms with Crippen LogP contribution in [-0.2, 0) is 4.79 Å². The van der Waals surface area contributed by atoms with Gasteiger partial charge in [-0.2, -0.15) is 0 Å². The van der Waals surface area contributed by atoms with Crippen LogP contribution in [0.15, 0.2) is 66.7 Å². The van der Waals surface area contributed by atoms with Gasteiger partial charge in [-0.15, -0.1) is 0 Å². The fourth-order valence-corrected chi connectivity index (χ4v) is 1.98. The molecule has 0 radical (unpaired) electrons. The first-order valence-corrected chi connectivity index (χ1v) is 7.03. The molecule has 0 aliphatic heterocycles. The fourth-order valence-electron chi connectivity index (χ4n) is 1.98. The van der Waals surface area contributed by atoms with E-state index in [0.29, 0.717) is 12.0 Å². The second-order valence-corrected chi connectivity index (χ2v) is 4.84. The van der Waals surface area contributed by atoms with Gasteiger partial charge in [0.15, 0.2) is 0 Å². The van der Waals surface area contributed by atoms with Gasteiger partial charge in [0.2, 0.25) is 5.91 Å². The van der Waals surface area contributed by atoms with Gasteiger partial charge in [0.1, 0.15) is 6.04 Å². The van der Waals surface area contributed by atoms with Gasteiger partial charge < -0.3 is 11.1 Å². The molecular formula is C18H18N2O2. The topological polar surface area (TPSA) is 72.2 Å². The highest BCUT2D eigenvalue weighted by Gasteiger charge is 2.17. The number of rotatable bonds is 6. The highest BCUT2D eigenvalue weighted by molar-refractivity contribution is 5.97. The Bertz CT molecular complexity index is 651. The van der Waals surface area contributed by atoms with Crippen LogP contribution in [0.4, 0.5) is 0 Å². The highest BCUT2D eigenvalue weighted by Crippen LogP contribution is 2.05. The Kier molecular flexibility index (Phi) is 5.49. The summed E-state index contributed by atoms with van der Waals surface area (Å²) in [5.74, 6) is -0.862. The molecule has 22 heavy (non-hydrogen) atoms. The van der Waals surface area contributed by atoms with E-state index in [1.54, 1.807) is 24.3 Å². The molecule has 0 fully saturated rings. The molecule has 2 aromatic carbocycles. The van der Waals surface area contributed by atoms with Crippen LogP contribution in [0.1, 0.15) is 22.3 Å². The number of carbonyl (C=O) groups excluding carboxylic acids is 2. The monoisotopic (exact) mass is 294 g/mol. The van der Waals surface area contributed by atoms with Crippen molar-refractivity contribution in [2.24, 2.45) is 5.73 Å². The third-order valence-electron chi connectivity index (χ3n) is 3.17. The van der Waals surface area contributed by atoms with Gasteiger partial charge in [0.25, 0.3) is 5.91 Å². The van der Waals surface area contributed by atoms with Crippen LogP contribution in [-0.4, -0.2) is 17.9 Å². The van der Waals surface area contributed by atoms with Crippen LogP contribution in [0.2, 0.25) is 0 Å². The summed E-state index contributed by atoms with van der Waals surface area (Å²) in [5.41, 5.74) is 6.88. The Morgan fingerprint density at radius 3 is 2.18 bits per heavy atom. The number of carbonyl (C=O) groups is 2. The maximum absolute atomic E-state index is 12.0. The van der Waals surface area contributed by atoms with Crippen LogP contribution in [0.25, 0.3) is 6.08 Å². The Labute approximate surface area is 129 Å². The first-order chi connectivity index (χ1) is 10.7. The molecule has 4 heteroatoms. The molecule has 0 saturated carbocycles. The quantitative estimate of drug-likeness (QED) is 0.858. The molecule has 0 spiro atoms. The second kappa shape index (κ2) is 7.78. The maximum Gasteiger partial charge on any atom is 0.251 e. The lowest BCUT2D eigenvalue weighted by atomic mass is 10.1. The van der Waals surface area contributed by atoms with Crippen molar-refractivity contribution in [1.82, 2.24) is 5.32 Å². The van der Waals surface area contributed by atoms with E-state index >= 15 is 0 Å². The van der Waals surface area contributed by atoms with Crippen molar-refractivity contribution in [3.8, 4) is 0 Å². The third kappa shape index (κ3) is 4.59. The van der Waals surface area contributed by atoms with Crippen molar-refractivity contribution in [1.29, 1.82) is 0 Å². The number of primary amides is 1. The number of benzene rings is 2. The first-order valence-electron chi connectivity index (χ1n) is 7.03. The van der Waals surface area contributed by atoms with E-state index in [1.807, 2.05) is 48.6 Å². The number of nitrogens with one attached hydrogen (secondary N) is 1. The van der Waals surface area contributed by atoms with E-state index in [4.69, 9.17) is 5.73 Å². The Morgan fingerprint density at radius 2 is 1.59 bits per heavy atom. The van der Waals surface area contributed by atoms with Crippen LogP contribution < -0.4 is 11.1 Å². The summed E-state index contributed by atoms with van der Waals surface area (Å²) in [6.45, 7) is 0. The molecule has 0 unspecified atom stereocenters. The van der Waals surface area contributed by atoms with Crippen LogP contribution in [0.3, 0.4) is 0 Å². The SMILES string of the molecule is NC(=O)[C@H](C/C=C/c1ccccc1)NC(=O)c1ccccc1. The Morgan fingerprint density at radius 1 is 1.00 bits per heavy atom. The van der Waals surface area contributed by atoms with Crippen LogP contribution in [0, 0.1) is 0 Å². The molecule has 2 rings (SSSR count). The third-order valence-corrected chi connectivity index (χ3v) is 3.17. The normalized spacial score (nSPS) is 12.0. The zero-order valence-corrected chi connectivity index (χ0v) is 12.1. The molecule has 112 valence electrons. The number of hydrogen-bond acceptors (Lipinski definition) is 2. The predicted octanol–water partition coefficient (Wildman–Crippen LogP) is 2.37. The van der Waals surface area contributed by atoms with E-state index in [9.17, 15) is 9.59 Å². The zero-order valence-electron chi connectivity index (χ0n) is 12.1. The standard InChI is InChI=1S/C18H18N2O2/c19-17(21)16(13-7-10-14-8-3-1-4-9-14)20-18(22)15-11-5-2-6-12-15/h1-12,16H,13H2,(H2,19,21)(H,20,22)/b10-7+/t16-/m0/s1. The van der Waals surface area contributed by atoms with Gasteiger partial charge in [0.05, 0.1) is 0 Å². The number of hydrogen-bond donors (Lipinski definition) is 2. The van der Waals surface area contributed by atoms with Crippen molar-refractivity contribution in [3.05, 3.63) is 77.9 Å². The lowest BCUT2D eigenvalue weighted by molar-refractivity contribution is -0.119. The average Bonchev–Trinajstić information content (AvgIpc) is 2.55. The maximum atomic E-state index is 12.0. The molecule has 2 amide bonds. The molecule has 2 aromatic rings. The largest absolute Gasteiger partial charge is 0.368 e. The smallest absolute Gasteiger partial charge is 0.251 e. The van der Waals surface area contributed by atoms with Crippen molar-refractivity contribution < 1.29 is 9.59 Å². The zero-order chi connectivity index (χ0) is 15.8. The van der Waals surface area contributed by atoms with Gasteiger partial charge in [-0.1, -0.05) is 60.7 Å². The van der Waals surface area contributed by atoms with E-state index < -0.39 is 11.9 Å². The molecule has 0 saturated heterocycles. The van der Waals surface area contributed by atoms with E-state index in [1.165, 1.54) is 0 Å². The predicted molar refractivity (Wildman–Crippen MR) is 87.0 cm³/mol. The van der Waals surface area contributed by atoms with Gasteiger partial charge in [-0.25, -0.2) is 0 Å². The van der Waals surface area contributed by atoms with E-state index in [-0.39, 0.29) is 5.91 Å². The Hall–Kier alpha value is -2.88. The average molecular weight is 294 g/mol. The summed E-state index contributed by atoms with van der Waals surface area (Å²) in [6.07, 6.45) is 4.07. The molecule has 4 nitrogen and oxygen atoms in total. The highest BCUT2D eigenvalue weighted by atomic mass is 16.2. The van der Waals surface area contributed by atoms with Crippen molar-refractivity contribution in [3.63, 3.8) is 0 Å². The van der Waals surface area contributed by atoms with Gasteiger partial charge in [-0.3, -0.25) is 9.59 Å². The lowest BCUT2D eigenvalue weighted by Crippen LogP contribution is -2.44. The number of nitrogens with two attached hydrogens (primary N) is 1. The van der Waals surface area contributed by atoms with E-state index in [0.717, 1.165) is 5.56 Å². The second-order valence-electron chi connectivity index (χ2n) is 4.84. The Balaban J connectivity index is 1.97. The van der Waals surface area contributed by atoms with Crippen molar-refractivity contribution in [2.75, 3.05) is 0 Å². The summed E-state index contributed by atoms with van der Waals surface area (Å²) >= 11 is 0. The van der Waals surface area contributed by atoms with E-state index in [2.05, 4.69) is 5.32 Å². The summed E-state index contributed by atoms with van der Waals surface area (Å²) in [4.78, 5) is 23.5. The molecule has 0 aliphatic carbocycles. The van der Waals surface area contributed by atoms with Crippen LogP contribution >= 0.6 is 0 Å². The number of amides is 2. The minimum absolute atomic E-state index is 0.308. The van der Waals surface area contributed by atoms with Gasteiger partial charge in [-0.05, 0) is 24.1 Å². The van der Waals surface area contributed by atoms with Crippen molar-refractivity contribution >= 4 is 17.9 Å². The van der Waals surface area contributed by atoms with Crippen molar-refractivity contribution in [2.45, 2.75) is 12.5 Å². The summed E-state index contributed by atoms with van der Waals surface area (Å²) in [6, 6.07) is 17.7. The molecule has 0 heterocycles. The molecular weight excluding hydrogens is 276 g/mol. The minimum atomic E-state index is -0.729. The first kappa shape index (κ1) is 15.5. The lowest BCUT2D eigenvalue weighted by Gasteiger charge is -2.13. The van der Waals surface area contributed by atoms with Crippen LogP contribution in [0.5, 0.6) is 0 Å². The molecule has 3 N–H and O–H groups in total. The molecule has 1 atom stereocenters. The summed E-state index contributed by atoms with van der Waals surface area (Å²) in [7, 11) is 0.